The van der Waals surface area contributed by atoms with Gasteiger partial charge in [-0.15, -0.1) is 0 Å². The lowest BCUT2D eigenvalue weighted by molar-refractivity contribution is -0.125. The summed E-state index contributed by atoms with van der Waals surface area (Å²) in [6.45, 7) is 3.70. The second-order valence-corrected chi connectivity index (χ2v) is 9.27. The number of furan rings is 1. The van der Waals surface area contributed by atoms with Crippen LogP contribution >= 0.6 is 11.8 Å². The molecule has 0 fully saturated rings. The van der Waals surface area contributed by atoms with Crippen LogP contribution in [0.25, 0.3) is 0 Å². The van der Waals surface area contributed by atoms with Crippen molar-refractivity contribution in [3.63, 3.8) is 0 Å². The highest BCUT2D eigenvalue weighted by atomic mass is 32.2. The van der Waals surface area contributed by atoms with Gasteiger partial charge in [0.05, 0.1) is 17.7 Å². The summed E-state index contributed by atoms with van der Waals surface area (Å²) in [6.07, 6.45) is 0. The molecule has 172 valence electrons. The Hall–Kier alpha value is -3.65. The zero-order chi connectivity index (χ0) is 24.0. The minimum atomic E-state index is -0.964. The molecule has 34 heavy (non-hydrogen) atoms. The number of aliphatic hydroxyl groups is 1. The highest BCUT2D eigenvalue weighted by Gasteiger charge is 2.47. The fraction of sp³-hybridized carbons (Fsp3) is 0.192. The number of aryl methyl sites for hydroxylation is 2. The number of thioether (sulfide) groups is 1. The number of Topliss-reactive ketones (excluding diaryl/α,β-unsaturated/α-hetero) is 1. The predicted octanol–water partition coefficient (Wildman–Crippen LogP) is 5.46. The molecule has 1 amide bonds. The highest BCUT2D eigenvalue weighted by molar-refractivity contribution is 8.14. The molecule has 2 aliphatic rings. The van der Waals surface area contributed by atoms with Crippen LogP contribution in [0.2, 0.25) is 0 Å². The quantitative estimate of drug-likeness (QED) is 0.506. The SMILES string of the molecule is Cc1ccc(C2CSC(N3C(=O)C(O)=C(C(=O)c4ccc(C)o4)C3c3ccc(F)cc3)=N2)cc1. The largest absolute Gasteiger partial charge is 0.503 e. The molecule has 2 atom stereocenters. The molecule has 1 N–H and O–H groups in total. The van der Waals surface area contributed by atoms with Crippen LogP contribution in [0.15, 0.2) is 81.4 Å². The van der Waals surface area contributed by atoms with E-state index in [1.54, 1.807) is 13.0 Å². The van der Waals surface area contributed by atoms with Crippen molar-refractivity contribution < 1.29 is 23.5 Å². The van der Waals surface area contributed by atoms with Crippen LogP contribution in [0.4, 0.5) is 4.39 Å². The van der Waals surface area contributed by atoms with Crippen molar-refractivity contribution in [3.05, 3.63) is 106 Å². The maximum Gasteiger partial charge on any atom is 0.296 e. The third-order valence-electron chi connectivity index (χ3n) is 5.91. The van der Waals surface area contributed by atoms with E-state index in [0.29, 0.717) is 22.2 Å². The first kappa shape index (κ1) is 22.2. The van der Waals surface area contributed by atoms with Gasteiger partial charge >= 0.3 is 0 Å². The third kappa shape index (κ3) is 3.84. The van der Waals surface area contributed by atoms with Gasteiger partial charge in [0.1, 0.15) is 11.6 Å². The smallest absolute Gasteiger partial charge is 0.296 e. The molecule has 2 aliphatic heterocycles. The molecule has 3 heterocycles. The normalized spacial score (nSPS) is 20.3. The Balaban J connectivity index is 1.57. The molecule has 2 unspecified atom stereocenters. The van der Waals surface area contributed by atoms with E-state index >= 15 is 0 Å². The summed E-state index contributed by atoms with van der Waals surface area (Å²) in [5.41, 5.74) is 2.51. The molecule has 2 aromatic carbocycles. The minimum Gasteiger partial charge on any atom is -0.503 e. The molecule has 8 heteroatoms. The lowest BCUT2D eigenvalue weighted by atomic mass is 9.95. The lowest BCUT2D eigenvalue weighted by Crippen LogP contribution is -2.34. The summed E-state index contributed by atoms with van der Waals surface area (Å²) < 4.78 is 19.1. The van der Waals surface area contributed by atoms with Crippen LogP contribution in [0.5, 0.6) is 0 Å². The van der Waals surface area contributed by atoms with Crippen LogP contribution in [-0.4, -0.2) is 32.6 Å². The maximum absolute atomic E-state index is 13.7. The van der Waals surface area contributed by atoms with E-state index in [1.807, 2.05) is 31.2 Å². The minimum absolute atomic E-state index is 0.0133. The van der Waals surface area contributed by atoms with Crippen LogP contribution in [0, 0.1) is 19.7 Å². The first-order valence-corrected chi connectivity index (χ1v) is 11.7. The molecule has 1 aromatic heterocycles. The van der Waals surface area contributed by atoms with E-state index in [0.717, 1.165) is 11.1 Å². The Morgan fingerprint density at radius 2 is 1.74 bits per heavy atom. The number of ketones is 1. The number of hydrogen-bond acceptors (Lipinski definition) is 6. The number of aliphatic hydroxyl groups excluding tert-OH is 1. The maximum atomic E-state index is 13.7. The average molecular weight is 477 g/mol. The predicted molar refractivity (Wildman–Crippen MR) is 127 cm³/mol. The monoisotopic (exact) mass is 476 g/mol. The number of amides is 1. The summed E-state index contributed by atoms with van der Waals surface area (Å²) in [7, 11) is 0. The van der Waals surface area contributed by atoms with Gasteiger partial charge in [0.2, 0.25) is 5.78 Å². The fourth-order valence-corrected chi connectivity index (χ4v) is 5.24. The number of aliphatic imine (C=N–C) groups is 1. The van der Waals surface area contributed by atoms with Gasteiger partial charge in [-0.05, 0) is 49.2 Å². The van der Waals surface area contributed by atoms with E-state index in [2.05, 4.69) is 0 Å². The van der Waals surface area contributed by atoms with Crippen LogP contribution in [0.1, 0.15) is 45.1 Å². The van der Waals surface area contributed by atoms with E-state index in [-0.39, 0.29) is 17.4 Å². The average Bonchev–Trinajstić information content (AvgIpc) is 3.54. The third-order valence-corrected chi connectivity index (χ3v) is 6.95. The zero-order valence-electron chi connectivity index (χ0n) is 18.5. The Kier molecular flexibility index (Phi) is 5.61. The van der Waals surface area contributed by atoms with Gasteiger partial charge in [-0.25, -0.2) is 4.39 Å². The van der Waals surface area contributed by atoms with Gasteiger partial charge in [0.25, 0.3) is 5.91 Å². The van der Waals surface area contributed by atoms with E-state index in [9.17, 15) is 19.1 Å². The molecule has 5 rings (SSSR count). The Morgan fingerprint density at radius 3 is 2.38 bits per heavy atom. The summed E-state index contributed by atoms with van der Waals surface area (Å²) in [5.74, 6) is -1.28. The van der Waals surface area contributed by atoms with E-state index in [4.69, 9.17) is 9.41 Å². The van der Waals surface area contributed by atoms with Crippen molar-refractivity contribution in [1.29, 1.82) is 0 Å². The molecular weight excluding hydrogens is 455 g/mol. The standard InChI is InChI=1S/C26H21FN2O4S/c1-14-3-6-16(7-4-14)19-13-34-26(28-19)29-22(17-8-10-18(27)11-9-17)21(24(31)25(29)32)23(30)20-12-5-15(2)33-20/h3-12,19,22,31H,13H2,1-2H3. The second kappa shape index (κ2) is 8.61. The van der Waals surface area contributed by atoms with Gasteiger partial charge in [-0.2, -0.15) is 0 Å². The summed E-state index contributed by atoms with van der Waals surface area (Å²) in [6, 6.07) is 15.5. The molecule has 0 bridgehead atoms. The summed E-state index contributed by atoms with van der Waals surface area (Å²) in [4.78, 5) is 32.7. The van der Waals surface area contributed by atoms with Crippen molar-refractivity contribution in [2.75, 3.05) is 5.75 Å². The first-order chi connectivity index (χ1) is 16.3. The van der Waals surface area contributed by atoms with Gasteiger partial charge < -0.3 is 9.52 Å². The molecule has 0 saturated carbocycles. The Bertz CT molecular complexity index is 1340. The van der Waals surface area contributed by atoms with Crippen molar-refractivity contribution >= 4 is 28.6 Å². The summed E-state index contributed by atoms with van der Waals surface area (Å²) in [5, 5.41) is 11.2. The van der Waals surface area contributed by atoms with Crippen molar-refractivity contribution in [3.8, 4) is 0 Å². The summed E-state index contributed by atoms with van der Waals surface area (Å²) >= 11 is 1.38. The highest BCUT2D eigenvalue weighted by Crippen LogP contribution is 2.43. The van der Waals surface area contributed by atoms with Crippen LogP contribution < -0.4 is 0 Å². The number of halogens is 1. The molecule has 3 aromatic rings. The Morgan fingerprint density at radius 1 is 1.06 bits per heavy atom. The number of amidine groups is 1. The number of carbonyl (C=O) groups excluding carboxylic acids is 2. The molecule has 0 radical (unpaired) electrons. The topological polar surface area (TPSA) is 83.1 Å². The van der Waals surface area contributed by atoms with Crippen LogP contribution in [-0.2, 0) is 4.79 Å². The number of hydrogen-bond donors (Lipinski definition) is 1. The second-order valence-electron chi connectivity index (χ2n) is 8.28. The van der Waals surface area contributed by atoms with Gasteiger partial charge in [-0.3, -0.25) is 19.5 Å². The molecule has 0 saturated heterocycles. The molecule has 0 aliphatic carbocycles. The fourth-order valence-electron chi connectivity index (χ4n) is 4.14. The van der Waals surface area contributed by atoms with Gasteiger partial charge in [0, 0.05) is 5.75 Å². The molecule has 0 spiro atoms. The van der Waals surface area contributed by atoms with Gasteiger partial charge in [-0.1, -0.05) is 53.7 Å². The van der Waals surface area contributed by atoms with Gasteiger partial charge in [0.15, 0.2) is 16.7 Å². The van der Waals surface area contributed by atoms with Crippen molar-refractivity contribution in [2.45, 2.75) is 25.9 Å². The van der Waals surface area contributed by atoms with E-state index in [1.165, 1.54) is 47.0 Å². The van der Waals surface area contributed by atoms with E-state index < -0.39 is 29.3 Å². The zero-order valence-corrected chi connectivity index (χ0v) is 19.3. The number of rotatable bonds is 4. The lowest BCUT2D eigenvalue weighted by Gasteiger charge is -2.25. The Labute approximate surface area is 199 Å². The van der Waals surface area contributed by atoms with Crippen molar-refractivity contribution in [2.24, 2.45) is 4.99 Å². The molecule has 6 nitrogen and oxygen atoms in total. The van der Waals surface area contributed by atoms with Crippen molar-refractivity contribution in [1.82, 2.24) is 4.90 Å². The number of benzene rings is 2. The number of nitrogens with zero attached hydrogens (tertiary/aromatic N) is 2. The first-order valence-electron chi connectivity index (χ1n) is 10.7. The number of carbonyl (C=O) groups is 2. The molecular formula is C26H21FN2O4S. The van der Waals surface area contributed by atoms with Crippen LogP contribution in [0.3, 0.4) is 0 Å².